The zero-order chi connectivity index (χ0) is 23.0. The van der Waals surface area contributed by atoms with E-state index in [4.69, 9.17) is 11.6 Å². The summed E-state index contributed by atoms with van der Waals surface area (Å²) in [5, 5.41) is 15.6. The molecular formula is C25H41ClN4O2. The zero-order valence-electron chi connectivity index (χ0n) is 20.2. The molecule has 0 bridgehead atoms. The van der Waals surface area contributed by atoms with Crippen LogP contribution in [0.4, 0.5) is 0 Å². The summed E-state index contributed by atoms with van der Waals surface area (Å²) >= 11 is 6.46. The Kier molecular flexibility index (Phi) is 7.55. The lowest BCUT2D eigenvalue weighted by atomic mass is 9.78. The van der Waals surface area contributed by atoms with Gasteiger partial charge in [0.1, 0.15) is 6.23 Å². The number of hydrogen-bond acceptors (Lipinski definition) is 5. The van der Waals surface area contributed by atoms with Crippen molar-refractivity contribution in [2.45, 2.75) is 70.7 Å². The van der Waals surface area contributed by atoms with E-state index < -0.39 is 6.23 Å². The Bertz CT molecular complexity index is 761. The van der Waals surface area contributed by atoms with Crippen LogP contribution in [0.5, 0.6) is 0 Å². The zero-order valence-corrected chi connectivity index (χ0v) is 20.9. The molecule has 0 saturated carbocycles. The number of aliphatic hydroxyl groups excluding tert-OH is 1. The summed E-state index contributed by atoms with van der Waals surface area (Å²) in [5.74, 6) is 0.812. The van der Waals surface area contributed by atoms with Crippen LogP contribution >= 0.6 is 11.6 Å². The van der Waals surface area contributed by atoms with Gasteiger partial charge >= 0.3 is 0 Å². The number of nitrogens with one attached hydrogen (secondary N) is 1. The van der Waals surface area contributed by atoms with Crippen LogP contribution < -0.4 is 5.32 Å². The molecule has 0 aromatic carbocycles. The fourth-order valence-electron chi connectivity index (χ4n) is 6.50. The molecule has 0 aromatic heterocycles. The summed E-state index contributed by atoms with van der Waals surface area (Å²) in [6.45, 7) is 8.04. The van der Waals surface area contributed by atoms with E-state index in [1.165, 1.54) is 0 Å². The Morgan fingerprint density at radius 3 is 2.72 bits per heavy atom. The SMILES string of the molecule is CC1=C(C(O)N2CCCC2)C(C)C(CC2C(=O)N(CCCN(C)C)C3CC=C(Cl)CC23)N1. The third-order valence-electron chi connectivity index (χ3n) is 8.23. The first-order valence-corrected chi connectivity index (χ1v) is 12.8. The molecule has 6 unspecified atom stereocenters. The number of halogens is 1. The number of carbonyl (C=O) groups excluding carboxylic acids is 1. The Hall–Kier alpha value is -1.08. The molecule has 3 heterocycles. The third-order valence-corrected chi connectivity index (χ3v) is 8.54. The number of likely N-dealkylation sites (tertiary alicyclic amines) is 2. The highest BCUT2D eigenvalue weighted by molar-refractivity contribution is 6.29. The van der Waals surface area contributed by atoms with E-state index in [1.54, 1.807) is 0 Å². The number of carbonyl (C=O) groups is 1. The average molecular weight is 465 g/mol. The predicted molar refractivity (Wildman–Crippen MR) is 129 cm³/mol. The summed E-state index contributed by atoms with van der Waals surface area (Å²) < 4.78 is 0. The minimum Gasteiger partial charge on any atom is -0.385 e. The molecule has 6 nitrogen and oxygen atoms in total. The van der Waals surface area contributed by atoms with Crippen LogP contribution in [0.2, 0.25) is 0 Å². The lowest BCUT2D eigenvalue weighted by molar-refractivity contribution is -0.132. The molecule has 7 heteroatoms. The minimum absolute atomic E-state index is 0.00200. The summed E-state index contributed by atoms with van der Waals surface area (Å²) in [6, 6.07) is 0.459. The van der Waals surface area contributed by atoms with Crippen LogP contribution in [0.1, 0.15) is 52.4 Å². The van der Waals surface area contributed by atoms with Gasteiger partial charge < -0.3 is 20.2 Å². The molecule has 180 valence electrons. The smallest absolute Gasteiger partial charge is 0.226 e. The quantitative estimate of drug-likeness (QED) is 0.578. The van der Waals surface area contributed by atoms with Gasteiger partial charge in [0.05, 0.1) is 0 Å². The normalized spacial score (nSPS) is 34.3. The van der Waals surface area contributed by atoms with E-state index in [1.807, 2.05) is 0 Å². The third kappa shape index (κ3) is 4.75. The van der Waals surface area contributed by atoms with E-state index in [-0.39, 0.29) is 23.9 Å². The van der Waals surface area contributed by atoms with Gasteiger partial charge in [0.2, 0.25) is 5.91 Å². The predicted octanol–water partition coefficient (Wildman–Crippen LogP) is 2.98. The number of hydrogen-bond donors (Lipinski definition) is 2. The first kappa shape index (κ1) is 24.1. The van der Waals surface area contributed by atoms with E-state index in [2.05, 4.69) is 54.0 Å². The second-order valence-electron chi connectivity index (χ2n) is 10.6. The van der Waals surface area contributed by atoms with Crippen molar-refractivity contribution in [1.29, 1.82) is 0 Å². The maximum absolute atomic E-state index is 13.6. The van der Waals surface area contributed by atoms with E-state index in [9.17, 15) is 9.90 Å². The van der Waals surface area contributed by atoms with Gasteiger partial charge in [-0.1, -0.05) is 24.6 Å². The van der Waals surface area contributed by atoms with Crippen molar-refractivity contribution in [1.82, 2.24) is 20.0 Å². The highest BCUT2D eigenvalue weighted by Gasteiger charge is 2.50. The molecule has 1 aliphatic carbocycles. The average Bonchev–Trinajstić information content (AvgIpc) is 3.42. The van der Waals surface area contributed by atoms with Crippen LogP contribution in [0.3, 0.4) is 0 Å². The highest BCUT2D eigenvalue weighted by atomic mass is 35.5. The van der Waals surface area contributed by atoms with E-state index in [0.29, 0.717) is 11.8 Å². The minimum atomic E-state index is -0.508. The topological polar surface area (TPSA) is 59.1 Å². The number of rotatable bonds is 8. The summed E-state index contributed by atoms with van der Waals surface area (Å²) in [7, 11) is 4.16. The lowest BCUT2D eigenvalue weighted by Gasteiger charge is -2.31. The molecule has 2 fully saturated rings. The Morgan fingerprint density at radius 1 is 1.31 bits per heavy atom. The van der Waals surface area contributed by atoms with Gasteiger partial charge in [-0.05, 0) is 77.6 Å². The Labute approximate surface area is 198 Å². The monoisotopic (exact) mass is 464 g/mol. The molecular weight excluding hydrogens is 424 g/mol. The van der Waals surface area contributed by atoms with Gasteiger partial charge in [0.15, 0.2) is 0 Å². The van der Waals surface area contributed by atoms with Crippen LogP contribution in [0, 0.1) is 17.8 Å². The van der Waals surface area contributed by atoms with Gasteiger partial charge in [0.25, 0.3) is 0 Å². The van der Waals surface area contributed by atoms with Crippen molar-refractivity contribution < 1.29 is 9.90 Å². The number of allylic oxidation sites excluding steroid dienone is 2. The second kappa shape index (κ2) is 10.0. The molecule has 4 aliphatic rings. The van der Waals surface area contributed by atoms with Crippen molar-refractivity contribution >= 4 is 17.5 Å². The van der Waals surface area contributed by atoms with Crippen molar-refractivity contribution in [2.75, 3.05) is 40.3 Å². The second-order valence-corrected chi connectivity index (χ2v) is 11.1. The fourth-order valence-corrected chi connectivity index (χ4v) is 6.77. The van der Waals surface area contributed by atoms with Gasteiger partial charge in [-0.2, -0.15) is 0 Å². The van der Waals surface area contributed by atoms with Gasteiger partial charge in [-0.25, -0.2) is 0 Å². The van der Waals surface area contributed by atoms with E-state index in [0.717, 1.165) is 81.0 Å². The molecule has 1 amide bonds. The number of nitrogens with zero attached hydrogens (tertiary/aromatic N) is 3. The molecule has 2 N–H and O–H groups in total. The first-order chi connectivity index (χ1) is 15.3. The molecule has 2 saturated heterocycles. The molecule has 32 heavy (non-hydrogen) atoms. The lowest BCUT2D eigenvalue weighted by Crippen LogP contribution is -2.38. The van der Waals surface area contributed by atoms with Crippen LogP contribution in [0.15, 0.2) is 22.4 Å². The molecule has 3 aliphatic heterocycles. The maximum Gasteiger partial charge on any atom is 0.226 e. The standard InChI is InChI=1S/C25H41ClN4O2/c1-16-21(27-17(2)23(16)25(32)29-11-5-6-12-29)15-20-19-14-18(26)8-9-22(19)30(24(20)31)13-7-10-28(3)4/h8,16,19-22,25,27,32H,5-7,9-15H2,1-4H3. The number of amides is 1. The van der Waals surface area contributed by atoms with Crippen LogP contribution in [-0.4, -0.2) is 84.3 Å². The molecule has 0 aromatic rings. The molecule has 0 spiro atoms. The Morgan fingerprint density at radius 2 is 2.03 bits per heavy atom. The molecule has 4 rings (SSSR count). The first-order valence-electron chi connectivity index (χ1n) is 12.5. The Balaban J connectivity index is 1.45. The number of aliphatic hydroxyl groups is 1. The molecule has 0 radical (unpaired) electrons. The van der Waals surface area contributed by atoms with Gasteiger partial charge in [-0.3, -0.25) is 9.69 Å². The van der Waals surface area contributed by atoms with Gasteiger partial charge in [-0.15, -0.1) is 0 Å². The van der Waals surface area contributed by atoms with E-state index >= 15 is 0 Å². The number of fused-ring (bicyclic) bond motifs is 1. The van der Waals surface area contributed by atoms with Crippen molar-refractivity contribution in [3.8, 4) is 0 Å². The molecule has 6 atom stereocenters. The van der Waals surface area contributed by atoms with Crippen LogP contribution in [0.25, 0.3) is 0 Å². The fraction of sp³-hybridized carbons (Fsp3) is 0.800. The van der Waals surface area contributed by atoms with Crippen LogP contribution in [-0.2, 0) is 4.79 Å². The van der Waals surface area contributed by atoms with Gasteiger partial charge in [0, 0.05) is 54.3 Å². The van der Waals surface area contributed by atoms with Crippen molar-refractivity contribution in [2.24, 2.45) is 17.8 Å². The highest BCUT2D eigenvalue weighted by Crippen LogP contribution is 2.45. The van der Waals surface area contributed by atoms with Crippen molar-refractivity contribution in [3.05, 3.63) is 22.4 Å². The summed E-state index contributed by atoms with van der Waals surface area (Å²) in [5.41, 5.74) is 2.21. The maximum atomic E-state index is 13.6. The largest absolute Gasteiger partial charge is 0.385 e. The summed E-state index contributed by atoms with van der Waals surface area (Å²) in [4.78, 5) is 20.1. The summed E-state index contributed by atoms with van der Waals surface area (Å²) in [6.07, 6.45) is 7.41. The van der Waals surface area contributed by atoms with Crippen molar-refractivity contribution in [3.63, 3.8) is 0 Å².